The maximum Gasteiger partial charge on any atom is 0.227 e. The second-order valence-corrected chi connectivity index (χ2v) is 5.83. The Balaban J connectivity index is 2.03. The molecule has 1 aliphatic rings. The number of carbonyl (C=O) groups is 1. The molecule has 1 amide bonds. The third-order valence-corrected chi connectivity index (χ3v) is 3.13. The van der Waals surface area contributed by atoms with Crippen LogP contribution in [-0.2, 0) is 4.79 Å². The minimum absolute atomic E-state index is 0.00485. The number of carbonyl (C=O) groups excluding carboxylic acids is 1. The van der Waals surface area contributed by atoms with Gasteiger partial charge in [0.15, 0.2) is 0 Å². The van der Waals surface area contributed by atoms with Crippen LogP contribution in [0.3, 0.4) is 0 Å². The quantitative estimate of drug-likeness (QED) is 0.887. The molecule has 1 aromatic rings. The van der Waals surface area contributed by atoms with E-state index >= 15 is 0 Å². The zero-order valence-corrected chi connectivity index (χ0v) is 12.1. The van der Waals surface area contributed by atoms with Crippen molar-refractivity contribution in [2.24, 2.45) is 5.73 Å². The van der Waals surface area contributed by atoms with Gasteiger partial charge in [-0.2, -0.15) is 0 Å². The number of hydrogen-bond acceptors (Lipinski definition) is 3. The van der Waals surface area contributed by atoms with Gasteiger partial charge in [0.25, 0.3) is 0 Å². The molecule has 2 rings (SSSR count). The first-order chi connectivity index (χ1) is 9.44. The smallest absolute Gasteiger partial charge is 0.227 e. The summed E-state index contributed by atoms with van der Waals surface area (Å²) in [5, 5.41) is 2.86. The first-order valence-electron chi connectivity index (χ1n) is 6.96. The van der Waals surface area contributed by atoms with Crippen LogP contribution >= 0.6 is 0 Å². The number of benzene rings is 1. The first-order valence-corrected chi connectivity index (χ1v) is 6.96. The van der Waals surface area contributed by atoms with Gasteiger partial charge in [0.05, 0.1) is 18.7 Å². The van der Waals surface area contributed by atoms with Crippen molar-refractivity contribution in [3.05, 3.63) is 29.8 Å². The molecule has 0 unspecified atom stereocenters. The van der Waals surface area contributed by atoms with Gasteiger partial charge in [-0.05, 0) is 44.4 Å². The molecule has 0 saturated carbocycles. The Morgan fingerprint density at radius 1 is 1.45 bits per heavy atom. The van der Waals surface area contributed by atoms with Gasteiger partial charge in [0.2, 0.25) is 5.91 Å². The van der Waals surface area contributed by atoms with Gasteiger partial charge in [-0.15, -0.1) is 0 Å². The van der Waals surface area contributed by atoms with Crippen molar-refractivity contribution in [3.8, 4) is 5.75 Å². The molecule has 0 atom stereocenters. The van der Waals surface area contributed by atoms with E-state index in [4.69, 9.17) is 10.5 Å². The summed E-state index contributed by atoms with van der Waals surface area (Å²) in [4.78, 5) is 11.5. The number of nitrogens with one attached hydrogen (secondary N) is 1. The lowest BCUT2D eigenvalue weighted by Crippen LogP contribution is -2.31. The molecule has 0 radical (unpaired) electrons. The molecule has 108 valence electrons. The number of hydrogen-bond donors (Lipinski definition) is 2. The third-order valence-electron chi connectivity index (χ3n) is 3.13. The molecule has 1 aliphatic heterocycles. The van der Waals surface area contributed by atoms with Crippen molar-refractivity contribution >= 4 is 17.7 Å². The van der Waals surface area contributed by atoms with Gasteiger partial charge in [-0.1, -0.05) is 18.2 Å². The second kappa shape index (κ2) is 6.09. The van der Waals surface area contributed by atoms with E-state index in [0.29, 0.717) is 13.0 Å². The summed E-state index contributed by atoms with van der Waals surface area (Å²) in [6.07, 6.45) is 6.42. The SMILES string of the molecule is CC(C)(N)CC/C=C/c1ccc2c(c1)NC(=O)CCO2. The van der Waals surface area contributed by atoms with Crippen molar-refractivity contribution in [2.75, 3.05) is 11.9 Å². The molecule has 0 saturated heterocycles. The van der Waals surface area contributed by atoms with E-state index < -0.39 is 0 Å². The van der Waals surface area contributed by atoms with Crippen molar-refractivity contribution < 1.29 is 9.53 Å². The number of anilines is 1. The Morgan fingerprint density at radius 2 is 2.25 bits per heavy atom. The molecular weight excluding hydrogens is 252 g/mol. The van der Waals surface area contributed by atoms with Gasteiger partial charge < -0.3 is 15.8 Å². The highest BCUT2D eigenvalue weighted by molar-refractivity contribution is 5.93. The second-order valence-electron chi connectivity index (χ2n) is 5.83. The van der Waals surface area contributed by atoms with Crippen molar-refractivity contribution in [1.82, 2.24) is 0 Å². The Labute approximate surface area is 120 Å². The van der Waals surface area contributed by atoms with Crippen molar-refractivity contribution in [3.63, 3.8) is 0 Å². The van der Waals surface area contributed by atoms with Gasteiger partial charge in [0, 0.05) is 5.54 Å². The minimum Gasteiger partial charge on any atom is -0.491 e. The topological polar surface area (TPSA) is 64.3 Å². The van der Waals surface area contributed by atoms with Crippen molar-refractivity contribution in [2.45, 2.75) is 38.6 Å². The molecular formula is C16H22N2O2. The van der Waals surface area contributed by atoms with Crippen LogP contribution in [0.4, 0.5) is 5.69 Å². The average molecular weight is 274 g/mol. The van der Waals surface area contributed by atoms with E-state index in [1.807, 2.05) is 38.1 Å². The Morgan fingerprint density at radius 3 is 3.00 bits per heavy atom. The highest BCUT2D eigenvalue weighted by Gasteiger charge is 2.13. The predicted octanol–water partition coefficient (Wildman–Crippen LogP) is 2.94. The number of nitrogens with two attached hydrogens (primary N) is 1. The van der Waals surface area contributed by atoms with Gasteiger partial charge in [-0.3, -0.25) is 4.79 Å². The number of rotatable bonds is 4. The maximum atomic E-state index is 11.5. The number of ether oxygens (including phenoxy) is 1. The summed E-state index contributed by atoms with van der Waals surface area (Å²) in [7, 11) is 0. The molecule has 1 heterocycles. The number of allylic oxidation sites excluding steroid dienone is 1. The highest BCUT2D eigenvalue weighted by atomic mass is 16.5. The first kappa shape index (κ1) is 14.6. The van der Waals surface area contributed by atoms with Crippen LogP contribution in [0.15, 0.2) is 24.3 Å². The summed E-state index contributed by atoms with van der Waals surface area (Å²) >= 11 is 0. The van der Waals surface area contributed by atoms with Gasteiger partial charge >= 0.3 is 0 Å². The number of fused-ring (bicyclic) bond motifs is 1. The molecule has 20 heavy (non-hydrogen) atoms. The Kier molecular flexibility index (Phi) is 4.45. The summed E-state index contributed by atoms with van der Waals surface area (Å²) in [6, 6.07) is 5.82. The van der Waals surface area contributed by atoms with E-state index in [1.54, 1.807) is 0 Å². The van der Waals surface area contributed by atoms with Gasteiger partial charge in [-0.25, -0.2) is 0 Å². The fraction of sp³-hybridized carbons (Fsp3) is 0.438. The van der Waals surface area contributed by atoms with Crippen LogP contribution in [0.5, 0.6) is 5.75 Å². The summed E-state index contributed by atoms with van der Waals surface area (Å²) in [5.74, 6) is 0.728. The fourth-order valence-corrected chi connectivity index (χ4v) is 2.02. The van der Waals surface area contributed by atoms with E-state index in [1.165, 1.54) is 0 Å². The predicted molar refractivity (Wildman–Crippen MR) is 81.7 cm³/mol. The molecule has 1 aromatic carbocycles. The van der Waals surface area contributed by atoms with Crippen LogP contribution in [0.1, 0.15) is 38.7 Å². The van der Waals surface area contributed by atoms with Crippen LogP contribution in [0.25, 0.3) is 6.08 Å². The average Bonchev–Trinajstić information content (AvgIpc) is 2.53. The molecule has 0 aliphatic carbocycles. The molecule has 4 nitrogen and oxygen atoms in total. The third kappa shape index (κ3) is 4.38. The van der Waals surface area contributed by atoms with Crippen LogP contribution in [0, 0.1) is 0 Å². The van der Waals surface area contributed by atoms with E-state index in [-0.39, 0.29) is 11.4 Å². The highest BCUT2D eigenvalue weighted by Crippen LogP contribution is 2.28. The van der Waals surface area contributed by atoms with Crippen LogP contribution in [-0.4, -0.2) is 18.1 Å². The summed E-state index contributed by atoms with van der Waals surface area (Å²) < 4.78 is 5.52. The molecule has 0 spiro atoms. The lowest BCUT2D eigenvalue weighted by Gasteiger charge is -2.16. The lowest BCUT2D eigenvalue weighted by molar-refractivity contribution is -0.116. The minimum atomic E-state index is -0.139. The Hall–Kier alpha value is -1.81. The van der Waals surface area contributed by atoms with E-state index in [9.17, 15) is 4.79 Å². The van der Waals surface area contributed by atoms with Crippen molar-refractivity contribution in [1.29, 1.82) is 0 Å². The van der Waals surface area contributed by atoms with Gasteiger partial charge in [0.1, 0.15) is 5.75 Å². The molecule has 4 heteroatoms. The molecule has 0 bridgehead atoms. The summed E-state index contributed by atoms with van der Waals surface area (Å²) in [5.41, 5.74) is 7.59. The normalized spacial score (nSPS) is 15.4. The maximum absolute atomic E-state index is 11.5. The van der Waals surface area contributed by atoms with Crippen LogP contribution < -0.4 is 15.8 Å². The van der Waals surface area contributed by atoms with E-state index in [0.717, 1.165) is 29.8 Å². The zero-order chi connectivity index (χ0) is 14.6. The van der Waals surface area contributed by atoms with Crippen LogP contribution in [0.2, 0.25) is 0 Å². The molecule has 3 N–H and O–H groups in total. The van der Waals surface area contributed by atoms with E-state index in [2.05, 4.69) is 11.4 Å². The lowest BCUT2D eigenvalue weighted by atomic mass is 10.00. The monoisotopic (exact) mass is 274 g/mol. The summed E-state index contributed by atoms with van der Waals surface area (Å²) in [6.45, 7) is 4.48. The largest absolute Gasteiger partial charge is 0.491 e. The number of amides is 1. The Bertz CT molecular complexity index is 516. The molecule has 0 fully saturated rings. The standard InChI is InChI=1S/C16H22N2O2/c1-16(2,17)9-4-3-5-12-6-7-14-13(11-12)18-15(19)8-10-20-14/h3,5-7,11H,4,8-10,17H2,1-2H3,(H,18,19)/b5-3+. The zero-order valence-electron chi connectivity index (χ0n) is 12.1. The molecule has 0 aromatic heterocycles. The fourth-order valence-electron chi connectivity index (χ4n) is 2.02.